The van der Waals surface area contributed by atoms with Crippen molar-refractivity contribution in [2.75, 3.05) is 13.1 Å². The second-order valence-corrected chi connectivity index (χ2v) is 8.14. The molecule has 1 atom stereocenters. The first kappa shape index (κ1) is 20.9. The number of hydrogen-bond acceptors (Lipinski definition) is 4. The molecule has 33 heavy (non-hydrogen) atoms. The van der Waals surface area contributed by atoms with E-state index in [-0.39, 0.29) is 17.6 Å². The summed E-state index contributed by atoms with van der Waals surface area (Å²) < 4.78 is 19.5. The molecule has 0 aliphatic carbocycles. The average molecular weight is 443 g/mol. The molecule has 0 saturated carbocycles. The van der Waals surface area contributed by atoms with E-state index in [1.165, 1.54) is 18.2 Å². The van der Waals surface area contributed by atoms with Crippen LogP contribution >= 0.6 is 0 Å². The predicted molar refractivity (Wildman–Crippen MR) is 122 cm³/mol. The van der Waals surface area contributed by atoms with Gasteiger partial charge < -0.3 is 14.6 Å². The van der Waals surface area contributed by atoms with Crippen molar-refractivity contribution in [1.29, 1.82) is 0 Å². The Morgan fingerprint density at radius 2 is 1.85 bits per heavy atom. The largest absolute Gasteiger partial charge is 0.451 e. The number of carbonyl (C=O) groups excluding carboxylic acids is 2. The van der Waals surface area contributed by atoms with Crippen LogP contribution in [0.2, 0.25) is 0 Å². The van der Waals surface area contributed by atoms with Crippen LogP contribution in [-0.4, -0.2) is 40.8 Å². The molecule has 166 valence electrons. The molecule has 1 saturated heterocycles. The lowest BCUT2D eigenvalue weighted by Crippen LogP contribution is -2.58. The van der Waals surface area contributed by atoms with Gasteiger partial charge in [0.25, 0.3) is 5.91 Å². The van der Waals surface area contributed by atoms with E-state index in [0.717, 1.165) is 16.7 Å². The van der Waals surface area contributed by atoms with E-state index in [1.807, 2.05) is 36.4 Å². The fourth-order valence-electron chi connectivity index (χ4n) is 4.29. The van der Waals surface area contributed by atoms with Crippen LogP contribution in [0.1, 0.15) is 21.7 Å². The molecule has 1 N–H and O–H groups in total. The lowest BCUT2D eigenvalue weighted by atomic mass is 9.98. The van der Waals surface area contributed by atoms with Gasteiger partial charge in [-0.15, -0.1) is 0 Å². The monoisotopic (exact) mass is 443 g/mol. The Balaban J connectivity index is 1.41. The topological polar surface area (TPSA) is 75.4 Å². The summed E-state index contributed by atoms with van der Waals surface area (Å²) >= 11 is 0. The van der Waals surface area contributed by atoms with Gasteiger partial charge in [-0.05, 0) is 53.9 Å². The maximum absolute atomic E-state index is 13.7. The number of hydrogen-bond donors (Lipinski definition) is 1. The van der Waals surface area contributed by atoms with Gasteiger partial charge in [-0.1, -0.05) is 24.3 Å². The zero-order valence-electron chi connectivity index (χ0n) is 18.0. The molecule has 0 spiro atoms. The van der Waals surface area contributed by atoms with Gasteiger partial charge in [0.2, 0.25) is 5.91 Å². The van der Waals surface area contributed by atoms with Crippen molar-refractivity contribution < 1.29 is 18.4 Å². The maximum Gasteiger partial charge on any atom is 0.290 e. The molecular formula is C26H22FN3O3. The zero-order chi connectivity index (χ0) is 22.9. The van der Waals surface area contributed by atoms with Crippen molar-refractivity contribution in [3.8, 4) is 11.1 Å². The molecule has 3 heterocycles. The number of benzene rings is 2. The SMILES string of the molecule is Cc1c(C(=O)N2CCNC(=O)C2Cc2ccc(-c3ccncc3)cc2)oc2ccc(F)cc12. The molecule has 2 amide bonds. The summed E-state index contributed by atoms with van der Waals surface area (Å²) in [6.45, 7) is 2.47. The van der Waals surface area contributed by atoms with Gasteiger partial charge in [0.05, 0.1) is 0 Å². The predicted octanol–water partition coefficient (Wildman–Crippen LogP) is 4.13. The van der Waals surface area contributed by atoms with Crippen LogP contribution in [0.3, 0.4) is 0 Å². The number of aromatic nitrogens is 1. The molecule has 2 aromatic carbocycles. The molecule has 2 aromatic heterocycles. The molecule has 0 bridgehead atoms. The van der Waals surface area contributed by atoms with Crippen molar-refractivity contribution in [1.82, 2.24) is 15.2 Å². The van der Waals surface area contributed by atoms with Gasteiger partial charge in [0, 0.05) is 42.9 Å². The first-order chi connectivity index (χ1) is 16.0. The van der Waals surface area contributed by atoms with Crippen LogP contribution in [0.4, 0.5) is 4.39 Å². The van der Waals surface area contributed by atoms with Crippen molar-refractivity contribution in [2.45, 2.75) is 19.4 Å². The molecule has 0 radical (unpaired) electrons. The van der Waals surface area contributed by atoms with E-state index in [1.54, 1.807) is 24.2 Å². The Bertz CT molecular complexity index is 1330. The number of nitrogens with one attached hydrogen (secondary N) is 1. The molecule has 4 aromatic rings. The third kappa shape index (κ3) is 3.98. The highest BCUT2D eigenvalue weighted by atomic mass is 19.1. The average Bonchev–Trinajstić information content (AvgIpc) is 3.16. The minimum atomic E-state index is -0.664. The number of carbonyl (C=O) groups is 2. The van der Waals surface area contributed by atoms with E-state index in [2.05, 4.69) is 10.3 Å². The third-order valence-electron chi connectivity index (χ3n) is 6.08. The first-order valence-corrected chi connectivity index (χ1v) is 10.8. The van der Waals surface area contributed by atoms with Crippen LogP contribution in [0, 0.1) is 12.7 Å². The van der Waals surface area contributed by atoms with Crippen LogP contribution in [0.5, 0.6) is 0 Å². The molecule has 1 fully saturated rings. The number of halogens is 1. The summed E-state index contributed by atoms with van der Waals surface area (Å²) in [5, 5.41) is 3.41. The van der Waals surface area contributed by atoms with Crippen LogP contribution in [-0.2, 0) is 11.2 Å². The van der Waals surface area contributed by atoms with Crippen LogP contribution < -0.4 is 5.32 Å². The van der Waals surface area contributed by atoms with Crippen molar-refractivity contribution in [3.63, 3.8) is 0 Å². The lowest BCUT2D eigenvalue weighted by Gasteiger charge is -2.34. The molecule has 1 aliphatic heterocycles. The fourth-order valence-corrected chi connectivity index (χ4v) is 4.29. The van der Waals surface area contributed by atoms with E-state index in [9.17, 15) is 14.0 Å². The Kier molecular flexibility index (Phi) is 5.38. The molecule has 5 rings (SSSR count). The van der Waals surface area contributed by atoms with Crippen LogP contribution in [0.15, 0.2) is 71.4 Å². The number of rotatable bonds is 4. The molecule has 6 nitrogen and oxygen atoms in total. The van der Waals surface area contributed by atoms with E-state index >= 15 is 0 Å². The normalized spacial score (nSPS) is 16.1. The summed E-state index contributed by atoms with van der Waals surface area (Å²) in [6.07, 6.45) is 3.86. The molecule has 7 heteroatoms. The summed E-state index contributed by atoms with van der Waals surface area (Å²) in [7, 11) is 0. The number of aryl methyl sites for hydroxylation is 1. The summed E-state index contributed by atoms with van der Waals surface area (Å²) in [5.74, 6) is -0.816. The van der Waals surface area contributed by atoms with E-state index in [4.69, 9.17) is 4.42 Å². The van der Waals surface area contributed by atoms with Gasteiger partial charge in [-0.25, -0.2) is 4.39 Å². The standard InChI is InChI=1S/C26H22FN3O3/c1-16-21-15-20(27)6-7-23(21)33-24(16)26(32)30-13-12-29-25(31)22(30)14-17-2-4-18(5-3-17)19-8-10-28-11-9-19/h2-11,15,22H,12-14H2,1H3,(H,29,31). The summed E-state index contributed by atoms with van der Waals surface area (Å²) in [6, 6.07) is 15.3. The fraction of sp³-hybridized carbons (Fsp3) is 0.192. The molecule has 1 aliphatic rings. The molecule has 1 unspecified atom stereocenters. The van der Waals surface area contributed by atoms with Gasteiger partial charge in [0.1, 0.15) is 17.4 Å². The number of fused-ring (bicyclic) bond motifs is 1. The highest BCUT2D eigenvalue weighted by molar-refractivity contribution is 6.01. The summed E-state index contributed by atoms with van der Waals surface area (Å²) in [5.41, 5.74) is 4.06. The first-order valence-electron chi connectivity index (χ1n) is 10.8. The van der Waals surface area contributed by atoms with Crippen LogP contribution in [0.25, 0.3) is 22.1 Å². The Hall–Kier alpha value is -4.00. The number of furan rings is 1. The Morgan fingerprint density at radius 1 is 1.12 bits per heavy atom. The Morgan fingerprint density at radius 3 is 2.61 bits per heavy atom. The minimum absolute atomic E-state index is 0.142. The van der Waals surface area contributed by atoms with Crippen molar-refractivity contribution in [3.05, 3.63) is 89.7 Å². The smallest absolute Gasteiger partial charge is 0.290 e. The minimum Gasteiger partial charge on any atom is -0.451 e. The second-order valence-electron chi connectivity index (χ2n) is 8.14. The third-order valence-corrected chi connectivity index (χ3v) is 6.08. The highest BCUT2D eigenvalue weighted by Crippen LogP contribution is 2.28. The Labute approximate surface area is 190 Å². The van der Waals surface area contributed by atoms with Gasteiger partial charge >= 0.3 is 0 Å². The van der Waals surface area contributed by atoms with Gasteiger partial charge in [0.15, 0.2) is 5.76 Å². The van der Waals surface area contributed by atoms with Crippen molar-refractivity contribution >= 4 is 22.8 Å². The summed E-state index contributed by atoms with van der Waals surface area (Å²) in [4.78, 5) is 31.7. The second kappa shape index (κ2) is 8.50. The number of nitrogens with zero attached hydrogens (tertiary/aromatic N) is 2. The number of amides is 2. The lowest BCUT2D eigenvalue weighted by molar-refractivity contribution is -0.127. The quantitative estimate of drug-likeness (QED) is 0.515. The van der Waals surface area contributed by atoms with E-state index < -0.39 is 11.9 Å². The van der Waals surface area contributed by atoms with E-state index in [0.29, 0.717) is 36.0 Å². The highest BCUT2D eigenvalue weighted by Gasteiger charge is 2.35. The number of piperazine rings is 1. The van der Waals surface area contributed by atoms with Crippen molar-refractivity contribution in [2.24, 2.45) is 0 Å². The molecular weight excluding hydrogens is 421 g/mol. The van der Waals surface area contributed by atoms with Gasteiger partial charge in [-0.3, -0.25) is 14.6 Å². The number of pyridine rings is 1. The van der Waals surface area contributed by atoms with Gasteiger partial charge in [-0.2, -0.15) is 0 Å². The maximum atomic E-state index is 13.7. The zero-order valence-corrected chi connectivity index (χ0v) is 18.0.